The van der Waals surface area contributed by atoms with Crippen molar-refractivity contribution in [3.63, 3.8) is 0 Å². The van der Waals surface area contributed by atoms with Crippen molar-refractivity contribution in [2.75, 3.05) is 32.3 Å². The van der Waals surface area contributed by atoms with E-state index in [1.807, 2.05) is 6.07 Å². The van der Waals surface area contributed by atoms with Crippen LogP contribution in [0, 0.1) is 11.3 Å². The smallest absolute Gasteiger partial charge is 0.416 e. The quantitative estimate of drug-likeness (QED) is 0.363. The monoisotopic (exact) mass is 529 g/mol. The zero-order valence-electron chi connectivity index (χ0n) is 20.5. The van der Waals surface area contributed by atoms with Crippen molar-refractivity contribution in [1.29, 1.82) is 5.26 Å². The summed E-state index contributed by atoms with van der Waals surface area (Å²) in [7, 11) is 2.63. The number of nitriles is 1. The van der Waals surface area contributed by atoms with E-state index in [2.05, 4.69) is 10.2 Å². The molecule has 1 aromatic heterocycles. The fourth-order valence-electron chi connectivity index (χ4n) is 4.27. The van der Waals surface area contributed by atoms with Gasteiger partial charge in [-0.25, -0.2) is 19.3 Å². The summed E-state index contributed by atoms with van der Waals surface area (Å²) in [5, 5.41) is 15.8. The number of allylic oxidation sites excluding steroid dienone is 1. The lowest BCUT2D eigenvalue weighted by Gasteiger charge is -2.36. The van der Waals surface area contributed by atoms with Gasteiger partial charge in [0.05, 0.1) is 36.5 Å². The highest BCUT2D eigenvalue weighted by atomic mass is 19.4. The van der Waals surface area contributed by atoms with Gasteiger partial charge in [0, 0.05) is 24.1 Å². The third kappa shape index (κ3) is 4.73. The van der Waals surface area contributed by atoms with Crippen molar-refractivity contribution in [3.8, 4) is 11.8 Å². The van der Waals surface area contributed by atoms with Gasteiger partial charge in [-0.15, -0.1) is 5.10 Å². The number of carbonyl (C=O) groups excluding carboxylic acids is 1. The molecule has 3 aromatic rings. The molecular formula is C25H22F3N5O5. The number of aromatic amines is 1. The lowest BCUT2D eigenvalue weighted by molar-refractivity contribution is -0.138. The summed E-state index contributed by atoms with van der Waals surface area (Å²) in [5.74, 6) is -0.682. The van der Waals surface area contributed by atoms with Crippen LogP contribution < -0.4 is 15.3 Å². The number of rotatable bonds is 7. The third-order valence-electron chi connectivity index (χ3n) is 5.96. The number of alkyl halides is 3. The number of aromatic nitrogens is 3. The molecule has 2 aromatic carbocycles. The molecule has 0 aliphatic carbocycles. The normalized spacial score (nSPS) is 15.2. The topological polar surface area (TPSA) is 122 Å². The molecule has 0 amide bonds. The Morgan fingerprint density at radius 2 is 1.95 bits per heavy atom. The second-order valence-corrected chi connectivity index (χ2v) is 8.18. The molecule has 1 N–H and O–H groups in total. The number of benzene rings is 2. The summed E-state index contributed by atoms with van der Waals surface area (Å²) < 4.78 is 57.5. The molecule has 4 rings (SSSR count). The van der Waals surface area contributed by atoms with Gasteiger partial charge in [0.25, 0.3) is 0 Å². The summed E-state index contributed by atoms with van der Waals surface area (Å²) in [5.41, 5.74) is -0.898. The molecule has 0 saturated carbocycles. The maximum atomic E-state index is 13.5. The van der Waals surface area contributed by atoms with Crippen molar-refractivity contribution >= 4 is 17.6 Å². The molecule has 0 saturated heterocycles. The fourth-order valence-corrected chi connectivity index (χ4v) is 4.27. The number of carbonyl (C=O) groups is 1. The number of nitrogens with one attached hydrogen (secondary N) is 1. The Morgan fingerprint density at radius 1 is 1.18 bits per heavy atom. The van der Waals surface area contributed by atoms with Gasteiger partial charge in [-0.05, 0) is 37.3 Å². The fraction of sp³-hybridized carbons (Fsp3) is 0.280. The second-order valence-electron chi connectivity index (χ2n) is 8.18. The molecular weight excluding hydrogens is 507 g/mol. The van der Waals surface area contributed by atoms with Crippen molar-refractivity contribution in [1.82, 2.24) is 14.8 Å². The second kappa shape index (κ2) is 10.4. The molecule has 198 valence electrons. The Balaban J connectivity index is 1.99. The van der Waals surface area contributed by atoms with E-state index in [4.69, 9.17) is 14.2 Å². The Kier molecular flexibility index (Phi) is 7.27. The van der Waals surface area contributed by atoms with Crippen LogP contribution in [0.15, 0.2) is 58.5 Å². The van der Waals surface area contributed by atoms with Crippen LogP contribution in [0.2, 0.25) is 0 Å². The summed E-state index contributed by atoms with van der Waals surface area (Å²) in [6, 6.07) is 9.77. The maximum absolute atomic E-state index is 13.5. The summed E-state index contributed by atoms with van der Waals surface area (Å²) in [6.07, 6.45) is -4.63. The number of esters is 1. The number of ether oxygens (including phenoxy) is 3. The molecule has 0 spiro atoms. The van der Waals surface area contributed by atoms with E-state index in [1.54, 1.807) is 0 Å². The van der Waals surface area contributed by atoms with E-state index in [9.17, 15) is 28.0 Å². The van der Waals surface area contributed by atoms with Gasteiger partial charge in [-0.1, -0.05) is 12.1 Å². The van der Waals surface area contributed by atoms with E-state index in [0.29, 0.717) is 5.56 Å². The molecule has 10 nitrogen and oxygen atoms in total. The Bertz CT molecular complexity index is 1500. The molecule has 0 fully saturated rings. The average Bonchev–Trinajstić information content (AvgIpc) is 3.28. The molecule has 38 heavy (non-hydrogen) atoms. The lowest BCUT2D eigenvalue weighted by atomic mass is 9.93. The summed E-state index contributed by atoms with van der Waals surface area (Å²) in [4.78, 5) is 27.5. The first-order valence-electron chi connectivity index (χ1n) is 11.2. The van der Waals surface area contributed by atoms with Crippen LogP contribution in [0.25, 0.3) is 0 Å². The Morgan fingerprint density at radius 3 is 2.61 bits per heavy atom. The number of anilines is 2. The Hall–Kier alpha value is -4.57. The molecule has 1 aliphatic heterocycles. The van der Waals surface area contributed by atoms with Gasteiger partial charge in [0.15, 0.2) is 0 Å². The van der Waals surface area contributed by atoms with Gasteiger partial charge in [-0.3, -0.25) is 4.90 Å². The molecule has 2 heterocycles. The molecule has 0 radical (unpaired) electrons. The van der Waals surface area contributed by atoms with Gasteiger partial charge in [0.1, 0.15) is 18.4 Å². The number of nitrogens with zero attached hydrogens (tertiary/aromatic N) is 4. The number of hydrogen-bond acceptors (Lipinski definition) is 8. The van der Waals surface area contributed by atoms with E-state index in [0.717, 1.165) is 23.8 Å². The van der Waals surface area contributed by atoms with Crippen LogP contribution in [-0.2, 0) is 20.4 Å². The van der Waals surface area contributed by atoms with Gasteiger partial charge < -0.3 is 14.2 Å². The first kappa shape index (κ1) is 26.5. The number of hydrogen-bond donors (Lipinski definition) is 1. The van der Waals surface area contributed by atoms with Crippen LogP contribution in [0.4, 0.5) is 24.8 Å². The predicted octanol–water partition coefficient (Wildman–Crippen LogP) is 3.68. The van der Waals surface area contributed by atoms with E-state index in [-0.39, 0.29) is 47.4 Å². The van der Waals surface area contributed by atoms with E-state index in [1.165, 1.54) is 49.3 Å². The van der Waals surface area contributed by atoms with Crippen LogP contribution >= 0.6 is 0 Å². The lowest BCUT2D eigenvalue weighted by Crippen LogP contribution is -2.38. The van der Waals surface area contributed by atoms with Crippen LogP contribution in [0.5, 0.6) is 5.75 Å². The highest BCUT2D eigenvalue weighted by molar-refractivity contribution is 5.93. The molecule has 0 bridgehead atoms. The number of methoxy groups -OCH3 is 2. The minimum atomic E-state index is -4.63. The van der Waals surface area contributed by atoms with E-state index >= 15 is 0 Å². The Labute approximate surface area is 214 Å². The first-order chi connectivity index (χ1) is 18.1. The van der Waals surface area contributed by atoms with Crippen LogP contribution in [-0.4, -0.2) is 48.2 Å². The average molecular weight is 529 g/mol. The third-order valence-corrected chi connectivity index (χ3v) is 5.96. The van der Waals surface area contributed by atoms with Crippen LogP contribution in [0.3, 0.4) is 0 Å². The first-order valence-corrected chi connectivity index (χ1v) is 11.2. The van der Waals surface area contributed by atoms with Crippen LogP contribution in [0.1, 0.15) is 29.7 Å². The maximum Gasteiger partial charge on any atom is 0.416 e. The zero-order valence-corrected chi connectivity index (χ0v) is 20.5. The van der Waals surface area contributed by atoms with Crippen molar-refractivity contribution in [3.05, 3.63) is 80.9 Å². The van der Waals surface area contributed by atoms with Gasteiger partial charge >= 0.3 is 17.8 Å². The minimum absolute atomic E-state index is 0.0221. The van der Waals surface area contributed by atoms with Crippen molar-refractivity contribution in [2.24, 2.45) is 0 Å². The summed E-state index contributed by atoms with van der Waals surface area (Å²) >= 11 is 0. The SMILES string of the molecule is COCCOc1cc(C#N)ccc1[C@H]1C(C(=O)OC)=C(C)N(c2cccc(C(F)(F)F)c2)c2n[nH]c(=O)n21. The minimum Gasteiger partial charge on any atom is -0.491 e. The van der Waals surface area contributed by atoms with Crippen molar-refractivity contribution in [2.45, 2.75) is 19.1 Å². The molecule has 0 unspecified atom stereocenters. The largest absolute Gasteiger partial charge is 0.491 e. The number of fused-ring (bicyclic) bond motifs is 1. The molecule has 1 aliphatic rings. The highest BCUT2D eigenvalue weighted by Crippen LogP contribution is 2.44. The number of H-pyrrole nitrogens is 1. The molecule has 13 heteroatoms. The molecule has 1 atom stereocenters. The van der Waals surface area contributed by atoms with Gasteiger partial charge in [0.2, 0.25) is 5.95 Å². The standard InChI is InChI=1S/C25H22F3N5O5/c1-14-20(22(34)37-3)21(18-8-7-15(13-29)11-19(18)38-10-9-36-2)33-23(30-31-24(33)35)32(14)17-6-4-5-16(12-17)25(26,27)28/h4-8,11-12,21H,9-10H2,1-3H3,(H,31,35)/t21-/m0/s1. The summed E-state index contributed by atoms with van der Waals surface area (Å²) in [6.45, 7) is 1.84. The number of halogens is 3. The van der Waals surface area contributed by atoms with Crippen molar-refractivity contribution < 1.29 is 32.2 Å². The van der Waals surface area contributed by atoms with Gasteiger partial charge in [-0.2, -0.15) is 18.4 Å². The highest BCUT2D eigenvalue weighted by Gasteiger charge is 2.41. The predicted molar refractivity (Wildman–Crippen MR) is 128 cm³/mol. The zero-order chi connectivity index (χ0) is 27.6. The van der Waals surface area contributed by atoms with E-state index < -0.39 is 29.4 Å².